The summed E-state index contributed by atoms with van der Waals surface area (Å²) in [5.41, 5.74) is 9.20. The molecule has 6 rings (SSSR count). The second-order valence-corrected chi connectivity index (χ2v) is 10.7. The van der Waals surface area contributed by atoms with Crippen molar-refractivity contribution >= 4 is 34.4 Å². The SMILES string of the molecule is CN1CCN(Cc2cc(NC(=O)Nc3ccc(-n4cnc5ncnc(N)c54)cc3)cc(-c3ccccc3C(F)(F)F)c2)CC1. The number of alkyl halides is 3. The van der Waals surface area contributed by atoms with E-state index in [0.717, 1.165) is 43.5 Å². The number of nitrogens with one attached hydrogen (secondary N) is 2. The molecule has 2 aromatic heterocycles. The first-order valence-electron chi connectivity index (χ1n) is 14.0. The van der Waals surface area contributed by atoms with Crippen molar-refractivity contribution in [1.82, 2.24) is 29.3 Å². The molecule has 0 atom stereocenters. The number of hydrogen-bond acceptors (Lipinski definition) is 7. The van der Waals surface area contributed by atoms with Crippen molar-refractivity contribution < 1.29 is 18.0 Å². The molecule has 3 aromatic carbocycles. The van der Waals surface area contributed by atoms with Gasteiger partial charge in [-0.1, -0.05) is 18.2 Å². The maximum atomic E-state index is 13.9. The molecule has 226 valence electrons. The average molecular weight is 602 g/mol. The highest BCUT2D eigenvalue weighted by Crippen LogP contribution is 2.38. The van der Waals surface area contributed by atoms with Gasteiger partial charge in [0.05, 0.1) is 5.56 Å². The third kappa shape index (κ3) is 6.33. The quantitative estimate of drug-likeness (QED) is 0.236. The molecule has 1 fully saturated rings. The number of imidazole rings is 1. The minimum absolute atomic E-state index is 0.0531. The summed E-state index contributed by atoms with van der Waals surface area (Å²) in [4.78, 5) is 29.9. The van der Waals surface area contributed by atoms with Gasteiger partial charge in [-0.05, 0) is 72.3 Å². The summed E-state index contributed by atoms with van der Waals surface area (Å²) < 4.78 is 43.5. The van der Waals surface area contributed by atoms with Crippen molar-refractivity contribution in [3.8, 4) is 16.8 Å². The van der Waals surface area contributed by atoms with Gasteiger partial charge in [0.1, 0.15) is 18.2 Å². The number of nitrogen functional groups attached to an aromatic ring is 1. The number of carbonyl (C=O) groups is 1. The van der Waals surface area contributed by atoms with Crippen molar-refractivity contribution in [3.05, 3.63) is 90.5 Å². The average Bonchev–Trinajstić information content (AvgIpc) is 3.44. The van der Waals surface area contributed by atoms with E-state index in [0.29, 0.717) is 40.5 Å². The Kier molecular flexibility index (Phi) is 7.89. The van der Waals surface area contributed by atoms with E-state index >= 15 is 0 Å². The Morgan fingerprint density at radius 1 is 0.909 bits per heavy atom. The highest BCUT2D eigenvalue weighted by atomic mass is 19.4. The van der Waals surface area contributed by atoms with Crippen molar-refractivity contribution in [2.24, 2.45) is 0 Å². The predicted octanol–water partition coefficient (Wildman–Crippen LogP) is 5.47. The topological polar surface area (TPSA) is 117 Å². The van der Waals surface area contributed by atoms with Crippen LogP contribution in [-0.2, 0) is 12.7 Å². The number of amides is 2. The largest absolute Gasteiger partial charge is 0.417 e. The highest BCUT2D eigenvalue weighted by molar-refractivity contribution is 6.00. The molecule has 10 nitrogen and oxygen atoms in total. The van der Waals surface area contributed by atoms with Gasteiger partial charge in [-0.2, -0.15) is 13.2 Å². The third-order valence-electron chi connectivity index (χ3n) is 7.57. The highest BCUT2D eigenvalue weighted by Gasteiger charge is 2.33. The molecular weight excluding hydrogens is 571 g/mol. The first-order chi connectivity index (χ1) is 21.1. The molecule has 3 heterocycles. The predicted molar refractivity (Wildman–Crippen MR) is 163 cm³/mol. The fourth-order valence-electron chi connectivity index (χ4n) is 5.33. The van der Waals surface area contributed by atoms with E-state index < -0.39 is 17.8 Å². The van der Waals surface area contributed by atoms with Crippen molar-refractivity contribution in [1.29, 1.82) is 0 Å². The van der Waals surface area contributed by atoms with Gasteiger partial charge >= 0.3 is 12.2 Å². The molecule has 4 N–H and O–H groups in total. The van der Waals surface area contributed by atoms with Gasteiger partial charge in [-0.3, -0.25) is 9.47 Å². The summed E-state index contributed by atoms with van der Waals surface area (Å²) in [5, 5.41) is 5.60. The van der Waals surface area contributed by atoms with Crippen LogP contribution < -0.4 is 16.4 Å². The number of urea groups is 1. The van der Waals surface area contributed by atoms with Crippen LogP contribution >= 0.6 is 0 Å². The maximum Gasteiger partial charge on any atom is 0.417 e. The monoisotopic (exact) mass is 601 g/mol. The number of nitrogens with two attached hydrogens (primary N) is 1. The Hall–Kier alpha value is -5.01. The van der Waals surface area contributed by atoms with Crippen LogP contribution in [0.5, 0.6) is 0 Å². The Morgan fingerprint density at radius 2 is 1.64 bits per heavy atom. The number of piperazine rings is 1. The Labute approximate surface area is 251 Å². The van der Waals surface area contributed by atoms with Gasteiger partial charge < -0.3 is 21.3 Å². The summed E-state index contributed by atoms with van der Waals surface area (Å²) in [6, 6.07) is 17.1. The lowest BCUT2D eigenvalue weighted by atomic mass is 9.96. The normalized spacial score (nSPS) is 14.5. The van der Waals surface area contributed by atoms with Crippen molar-refractivity contribution in [2.75, 3.05) is 49.6 Å². The lowest BCUT2D eigenvalue weighted by Gasteiger charge is -2.32. The lowest BCUT2D eigenvalue weighted by Crippen LogP contribution is -2.43. The molecule has 0 bridgehead atoms. The molecule has 1 aliphatic rings. The van der Waals surface area contributed by atoms with E-state index in [2.05, 4.69) is 42.4 Å². The molecule has 0 radical (unpaired) electrons. The van der Waals surface area contributed by atoms with Crippen molar-refractivity contribution in [2.45, 2.75) is 12.7 Å². The summed E-state index contributed by atoms with van der Waals surface area (Å²) in [7, 11) is 2.06. The second kappa shape index (κ2) is 11.9. The molecule has 13 heteroatoms. The van der Waals surface area contributed by atoms with Crippen LogP contribution in [0.2, 0.25) is 0 Å². The summed E-state index contributed by atoms with van der Waals surface area (Å²) in [6.07, 6.45) is -1.59. The van der Waals surface area contributed by atoms with Gasteiger partial charge in [-0.15, -0.1) is 0 Å². The van der Waals surface area contributed by atoms with E-state index in [1.807, 2.05) is 0 Å². The van der Waals surface area contributed by atoms with Crippen LogP contribution in [0.15, 0.2) is 79.4 Å². The van der Waals surface area contributed by atoms with Crippen LogP contribution in [0.3, 0.4) is 0 Å². The number of anilines is 3. The van der Waals surface area contributed by atoms with Gasteiger partial charge in [0, 0.05) is 49.8 Å². The summed E-state index contributed by atoms with van der Waals surface area (Å²) in [6.45, 7) is 4.04. The minimum Gasteiger partial charge on any atom is -0.382 e. The van der Waals surface area contributed by atoms with E-state index in [1.54, 1.807) is 59.4 Å². The van der Waals surface area contributed by atoms with E-state index in [4.69, 9.17) is 5.73 Å². The van der Waals surface area contributed by atoms with E-state index in [-0.39, 0.29) is 5.56 Å². The minimum atomic E-state index is -4.52. The molecule has 2 amide bonds. The Balaban J connectivity index is 1.24. The number of aromatic nitrogens is 4. The first kappa shape index (κ1) is 29.1. The molecule has 0 aliphatic carbocycles. The number of nitrogens with zero attached hydrogens (tertiary/aromatic N) is 6. The zero-order valence-electron chi connectivity index (χ0n) is 23.8. The molecule has 44 heavy (non-hydrogen) atoms. The van der Waals surface area contributed by atoms with Gasteiger partial charge in [-0.25, -0.2) is 19.7 Å². The fraction of sp³-hybridized carbons (Fsp3) is 0.226. The standard InChI is InChI=1S/C31H30F3N9O/c1-41-10-12-42(13-11-41)17-20-14-21(25-4-2-3-5-26(25)31(32,33)34)16-23(15-20)40-30(44)39-22-6-8-24(9-7-22)43-19-38-29-27(43)28(35)36-18-37-29/h2-9,14-16,18-19H,10-13,17H2,1H3,(H2,35,36,37)(H2,39,40,44). The van der Waals surface area contributed by atoms with Crippen LogP contribution in [0.4, 0.5) is 35.2 Å². The van der Waals surface area contributed by atoms with E-state index in [1.165, 1.54) is 18.5 Å². The van der Waals surface area contributed by atoms with Crippen LogP contribution in [0.1, 0.15) is 11.1 Å². The molecule has 0 unspecified atom stereocenters. The summed E-state index contributed by atoms with van der Waals surface area (Å²) >= 11 is 0. The smallest absolute Gasteiger partial charge is 0.382 e. The number of rotatable bonds is 6. The molecule has 5 aromatic rings. The van der Waals surface area contributed by atoms with Crippen LogP contribution in [0.25, 0.3) is 28.0 Å². The molecule has 0 spiro atoms. The molecule has 0 saturated carbocycles. The zero-order valence-corrected chi connectivity index (χ0v) is 23.8. The van der Waals surface area contributed by atoms with Gasteiger partial charge in [0.15, 0.2) is 11.5 Å². The Morgan fingerprint density at radius 3 is 2.39 bits per heavy atom. The number of fused-ring (bicyclic) bond motifs is 1. The molecule has 1 aliphatic heterocycles. The van der Waals surface area contributed by atoms with Gasteiger partial charge in [0.2, 0.25) is 0 Å². The van der Waals surface area contributed by atoms with Crippen LogP contribution in [-0.4, -0.2) is 68.6 Å². The number of benzene rings is 3. The van der Waals surface area contributed by atoms with E-state index in [9.17, 15) is 18.0 Å². The maximum absolute atomic E-state index is 13.9. The Bertz CT molecular complexity index is 1800. The van der Waals surface area contributed by atoms with Crippen molar-refractivity contribution in [3.63, 3.8) is 0 Å². The lowest BCUT2D eigenvalue weighted by molar-refractivity contribution is -0.137. The summed E-state index contributed by atoms with van der Waals surface area (Å²) in [5.74, 6) is 0.293. The van der Waals surface area contributed by atoms with Gasteiger partial charge in [0.25, 0.3) is 0 Å². The number of halogens is 3. The molecular formula is C31H30F3N9O. The second-order valence-electron chi connectivity index (χ2n) is 10.7. The number of carbonyl (C=O) groups excluding carboxylic acids is 1. The fourth-order valence-corrected chi connectivity index (χ4v) is 5.33. The molecule has 1 saturated heterocycles. The number of hydrogen-bond donors (Lipinski definition) is 3. The first-order valence-corrected chi connectivity index (χ1v) is 14.0. The number of likely N-dealkylation sites (N-methyl/N-ethyl adjacent to an activating group) is 1. The third-order valence-corrected chi connectivity index (χ3v) is 7.57. The zero-order chi connectivity index (χ0) is 30.8. The van der Waals surface area contributed by atoms with Crippen LogP contribution in [0, 0.1) is 0 Å².